The van der Waals surface area contributed by atoms with Crippen LogP contribution in [0.1, 0.15) is 33.6 Å². The number of nitrogens with zero attached hydrogens (tertiary/aromatic N) is 3. The lowest BCUT2D eigenvalue weighted by Crippen LogP contribution is -2.32. The smallest absolute Gasteiger partial charge is 0.261 e. The molecule has 0 saturated heterocycles. The van der Waals surface area contributed by atoms with E-state index < -0.39 is 0 Å². The highest BCUT2D eigenvalue weighted by Gasteiger charge is 2.34. The first-order valence-electron chi connectivity index (χ1n) is 7.86. The maximum atomic E-state index is 12.2. The van der Waals surface area contributed by atoms with Gasteiger partial charge in [-0.3, -0.25) is 24.0 Å². The summed E-state index contributed by atoms with van der Waals surface area (Å²) >= 11 is 0. The van der Waals surface area contributed by atoms with Gasteiger partial charge in [0.25, 0.3) is 11.8 Å². The molecule has 0 atom stereocenters. The number of imide groups is 1. The summed E-state index contributed by atoms with van der Waals surface area (Å²) in [5.41, 5.74) is 0.873. The summed E-state index contributed by atoms with van der Waals surface area (Å²) in [6.07, 6.45) is 4.23. The van der Waals surface area contributed by atoms with Gasteiger partial charge in [0.2, 0.25) is 5.91 Å². The van der Waals surface area contributed by atoms with Crippen LogP contribution < -0.4 is 5.32 Å². The molecule has 7 nitrogen and oxygen atoms in total. The number of amides is 3. The fourth-order valence-corrected chi connectivity index (χ4v) is 2.67. The largest absolute Gasteiger partial charge is 0.354 e. The van der Waals surface area contributed by atoms with E-state index in [0.29, 0.717) is 30.6 Å². The molecule has 0 saturated carbocycles. The van der Waals surface area contributed by atoms with Crippen LogP contribution in [-0.4, -0.2) is 45.5 Å². The van der Waals surface area contributed by atoms with Gasteiger partial charge >= 0.3 is 0 Å². The van der Waals surface area contributed by atoms with Gasteiger partial charge in [0.15, 0.2) is 0 Å². The molecule has 0 unspecified atom stereocenters. The van der Waals surface area contributed by atoms with Crippen molar-refractivity contribution in [3.05, 3.63) is 53.9 Å². The Morgan fingerprint density at radius 1 is 1.04 bits per heavy atom. The van der Waals surface area contributed by atoms with Crippen LogP contribution in [0, 0.1) is 0 Å². The quantitative estimate of drug-likeness (QED) is 0.772. The third kappa shape index (κ3) is 3.34. The van der Waals surface area contributed by atoms with Crippen LogP contribution in [0.2, 0.25) is 0 Å². The number of hydrogen-bond donors (Lipinski definition) is 1. The van der Waals surface area contributed by atoms with E-state index in [4.69, 9.17) is 0 Å². The molecule has 7 heteroatoms. The summed E-state index contributed by atoms with van der Waals surface area (Å²) in [6, 6.07) is 8.60. The number of carbonyl (C=O) groups is 3. The molecule has 1 aromatic carbocycles. The Labute approximate surface area is 139 Å². The predicted molar refractivity (Wildman–Crippen MR) is 86.3 cm³/mol. The normalized spacial score (nSPS) is 13.2. The summed E-state index contributed by atoms with van der Waals surface area (Å²) in [4.78, 5) is 37.4. The zero-order valence-corrected chi connectivity index (χ0v) is 13.1. The SMILES string of the molecule is O=C(CCCN1C(=O)c2ccccc2C1=O)NCCn1cccn1. The minimum atomic E-state index is -0.283. The predicted octanol–water partition coefficient (Wildman–Crippen LogP) is 1.08. The van der Waals surface area contributed by atoms with Gasteiger partial charge in [-0.2, -0.15) is 5.10 Å². The monoisotopic (exact) mass is 326 g/mol. The van der Waals surface area contributed by atoms with Gasteiger partial charge in [-0.25, -0.2) is 0 Å². The summed E-state index contributed by atoms with van der Waals surface area (Å²) < 4.78 is 1.74. The second-order valence-corrected chi connectivity index (χ2v) is 5.53. The Balaban J connectivity index is 1.41. The zero-order chi connectivity index (χ0) is 16.9. The number of aromatic nitrogens is 2. The molecule has 0 bridgehead atoms. The number of benzene rings is 1. The lowest BCUT2D eigenvalue weighted by molar-refractivity contribution is -0.121. The van der Waals surface area contributed by atoms with E-state index in [-0.39, 0.29) is 30.7 Å². The van der Waals surface area contributed by atoms with Crippen molar-refractivity contribution in [2.24, 2.45) is 0 Å². The number of fused-ring (bicyclic) bond motifs is 1. The Morgan fingerprint density at radius 2 is 1.75 bits per heavy atom. The van der Waals surface area contributed by atoms with E-state index in [2.05, 4.69) is 10.4 Å². The molecule has 3 rings (SSSR count). The molecule has 2 aromatic rings. The van der Waals surface area contributed by atoms with Crippen molar-refractivity contribution in [3.8, 4) is 0 Å². The van der Waals surface area contributed by atoms with Crippen LogP contribution in [0.3, 0.4) is 0 Å². The molecule has 1 N–H and O–H groups in total. The van der Waals surface area contributed by atoms with Crippen molar-refractivity contribution < 1.29 is 14.4 Å². The highest BCUT2D eigenvalue weighted by molar-refractivity contribution is 6.21. The number of nitrogens with one attached hydrogen (secondary N) is 1. The van der Waals surface area contributed by atoms with Gasteiger partial charge in [0.1, 0.15) is 0 Å². The molecule has 0 aliphatic carbocycles. The average molecular weight is 326 g/mol. The minimum Gasteiger partial charge on any atom is -0.354 e. The maximum Gasteiger partial charge on any atom is 0.261 e. The van der Waals surface area contributed by atoms with Crippen LogP contribution in [0.25, 0.3) is 0 Å². The van der Waals surface area contributed by atoms with Crippen LogP contribution in [0.15, 0.2) is 42.7 Å². The van der Waals surface area contributed by atoms with Crippen molar-refractivity contribution in [3.63, 3.8) is 0 Å². The highest BCUT2D eigenvalue weighted by atomic mass is 16.2. The van der Waals surface area contributed by atoms with Crippen molar-refractivity contribution in [2.45, 2.75) is 19.4 Å². The van der Waals surface area contributed by atoms with E-state index in [1.165, 1.54) is 4.90 Å². The first kappa shape index (κ1) is 15.9. The van der Waals surface area contributed by atoms with Gasteiger partial charge in [-0.1, -0.05) is 12.1 Å². The minimum absolute atomic E-state index is 0.0984. The van der Waals surface area contributed by atoms with Crippen LogP contribution in [0.4, 0.5) is 0 Å². The first-order chi connectivity index (χ1) is 11.7. The second kappa shape index (κ2) is 7.08. The van der Waals surface area contributed by atoms with Crippen LogP contribution in [-0.2, 0) is 11.3 Å². The van der Waals surface area contributed by atoms with Crippen LogP contribution >= 0.6 is 0 Å². The van der Waals surface area contributed by atoms with Gasteiger partial charge in [-0.05, 0) is 24.6 Å². The van der Waals surface area contributed by atoms with E-state index in [1.807, 2.05) is 12.3 Å². The van der Waals surface area contributed by atoms with Gasteiger partial charge in [-0.15, -0.1) is 0 Å². The lowest BCUT2D eigenvalue weighted by Gasteiger charge is -2.13. The average Bonchev–Trinajstić information content (AvgIpc) is 3.18. The van der Waals surface area contributed by atoms with Gasteiger partial charge in [0, 0.05) is 31.9 Å². The van der Waals surface area contributed by atoms with E-state index in [0.717, 1.165) is 0 Å². The molecular weight excluding hydrogens is 308 g/mol. The lowest BCUT2D eigenvalue weighted by atomic mass is 10.1. The van der Waals surface area contributed by atoms with Crippen LogP contribution in [0.5, 0.6) is 0 Å². The number of hydrogen-bond acceptors (Lipinski definition) is 4. The number of carbonyl (C=O) groups excluding carboxylic acids is 3. The van der Waals surface area contributed by atoms with Crippen molar-refractivity contribution >= 4 is 17.7 Å². The molecule has 1 aliphatic rings. The van der Waals surface area contributed by atoms with Crippen molar-refractivity contribution in [1.29, 1.82) is 0 Å². The molecule has 1 aliphatic heterocycles. The molecule has 0 spiro atoms. The van der Waals surface area contributed by atoms with E-state index in [1.54, 1.807) is 35.1 Å². The Morgan fingerprint density at radius 3 is 2.38 bits per heavy atom. The Bertz CT molecular complexity index is 720. The first-order valence-corrected chi connectivity index (χ1v) is 7.86. The van der Waals surface area contributed by atoms with E-state index >= 15 is 0 Å². The summed E-state index contributed by atoms with van der Waals surface area (Å²) in [5.74, 6) is -0.664. The molecule has 2 heterocycles. The molecule has 3 amide bonds. The second-order valence-electron chi connectivity index (χ2n) is 5.53. The van der Waals surface area contributed by atoms with Crippen molar-refractivity contribution in [2.75, 3.05) is 13.1 Å². The zero-order valence-electron chi connectivity index (χ0n) is 13.1. The molecule has 124 valence electrons. The highest BCUT2D eigenvalue weighted by Crippen LogP contribution is 2.22. The summed E-state index contributed by atoms with van der Waals surface area (Å²) in [7, 11) is 0. The molecule has 1 aromatic heterocycles. The Kier molecular flexibility index (Phi) is 4.69. The fraction of sp³-hybridized carbons (Fsp3) is 0.294. The van der Waals surface area contributed by atoms with Crippen molar-refractivity contribution in [1.82, 2.24) is 20.0 Å². The standard InChI is InChI=1S/C17H18N4O3/c22-15(18-9-12-20-10-4-8-19-20)7-3-11-21-16(23)13-5-1-2-6-14(13)17(21)24/h1-2,4-6,8,10H,3,7,9,11-12H2,(H,18,22). The maximum absolute atomic E-state index is 12.2. The third-order valence-corrected chi connectivity index (χ3v) is 3.89. The summed E-state index contributed by atoms with van der Waals surface area (Å²) in [5, 5.41) is 6.85. The number of rotatable bonds is 7. The molecule has 24 heavy (non-hydrogen) atoms. The molecule has 0 fully saturated rings. The van der Waals surface area contributed by atoms with Gasteiger partial charge < -0.3 is 5.32 Å². The van der Waals surface area contributed by atoms with Gasteiger partial charge in [0.05, 0.1) is 17.7 Å². The fourth-order valence-electron chi connectivity index (χ4n) is 2.67. The van der Waals surface area contributed by atoms with E-state index in [9.17, 15) is 14.4 Å². The Hall–Kier alpha value is -2.96. The molecule has 0 radical (unpaired) electrons. The topological polar surface area (TPSA) is 84.3 Å². The summed E-state index contributed by atoms with van der Waals surface area (Å²) in [6.45, 7) is 1.35. The molecular formula is C17H18N4O3. The third-order valence-electron chi connectivity index (χ3n) is 3.89.